The number of hydrogen-bond donors (Lipinski definition) is 0. The van der Waals surface area contributed by atoms with Gasteiger partial charge in [0.2, 0.25) is 5.91 Å². The van der Waals surface area contributed by atoms with E-state index in [1.165, 1.54) is 11.1 Å². The van der Waals surface area contributed by atoms with E-state index in [0.29, 0.717) is 17.9 Å². The molecule has 0 radical (unpaired) electrons. The van der Waals surface area contributed by atoms with E-state index < -0.39 is 0 Å². The second-order valence-electron chi connectivity index (χ2n) is 8.42. The van der Waals surface area contributed by atoms with E-state index in [9.17, 15) is 4.79 Å². The SMILES string of the molecule is CC(C)c1ccc(CN(C(=O)C2CCN(c3cnccn3)CC2)C2CC2)cc1. The van der Waals surface area contributed by atoms with Crippen molar-refractivity contribution in [1.29, 1.82) is 0 Å². The van der Waals surface area contributed by atoms with Gasteiger partial charge in [-0.05, 0) is 42.7 Å². The highest BCUT2D eigenvalue weighted by Gasteiger charge is 2.37. The normalized spacial score (nSPS) is 17.8. The van der Waals surface area contributed by atoms with Crippen molar-refractivity contribution < 1.29 is 4.79 Å². The molecule has 1 aliphatic heterocycles. The maximum absolute atomic E-state index is 13.3. The Balaban J connectivity index is 1.38. The Morgan fingerprint density at radius 1 is 1.11 bits per heavy atom. The summed E-state index contributed by atoms with van der Waals surface area (Å²) < 4.78 is 0. The van der Waals surface area contributed by atoms with Crippen LogP contribution in [0.5, 0.6) is 0 Å². The number of piperidine rings is 1. The molecule has 4 rings (SSSR count). The van der Waals surface area contributed by atoms with E-state index in [4.69, 9.17) is 0 Å². The number of aromatic nitrogens is 2. The average molecular weight is 379 g/mol. The molecule has 1 aromatic carbocycles. The Morgan fingerprint density at radius 2 is 1.82 bits per heavy atom. The molecule has 28 heavy (non-hydrogen) atoms. The van der Waals surface area contributed by atoms with Gasteiger partial charge in [-0.15, -0.1) is 0 Å². The molecule has 2 aromatic rings. The van der Waals surface area contributed by atoms with E-state index in [1.807, 2.05) is 0 Å². The van der Waals surface area contributed by atoms with Gasteiger partial charge >= 0.3 is 0 Å². The number of rotatable bonds is 6. The molecule has 0 bridgehead atoms. The molecule has 0 N–H and O–H groups in total. The molecule has 0 atom stereocenters. The minimum atomic E-state index is 0.128. The molecular formula is C23H30N4O. The zero-order valence-electron chi connectivity index (χ0n) is 16.9. The molecule has 2 heterocycles. The van der Waals surface area contributed by atoms with Crippen LogP contribution in [0.2, 0.25) is 0 Å². The maximum atomic E-state index is 13.3. The lowest BCUT2D eigenvalue weighted by Gasteiger charge is -2.35. The molecule has 1 aliphatic carbocycles. The lowest BCUT2D eigenvalue weighted by Crippen LogP contribution is -2.43. The molecule has 2 aliphatic rings. The molecule has 5 nitrogen and oxygen atoms in total. The first kappa shape index (κ1) is 18.9. The third-order valence-electron chi connectivity index (χ3n) is 5.99. The Morgan fingerprint density at radius 3 is 2.39 bits per heavy atom. The topological polar surface area (TPSA) is 49.3 Å². The summed E-state index contributed by atoms with van der Waals surface area (Å²) in [4.78, 5) is 26.2. The lowest BCUT2D eigenvalue weighted by atomic mass is 9.94. The smallest absolute Gasteiger partial charge is 0.226 e. The van der Waals surface area contributed by atoms with Crippen LogP contribution in [0.4, 0.5) is 5.82 Å². The van der Waals surface area contributed by atoms with Crippen molar-refractivity contribution in [3.63, 3.8) is 0 Å². The molecule has 5 heteroatoms. The number of benzene rings is 1. The van der Waals surface area contributed by atoms with Gasteiger partial charge in [0.25, 0.3) is 0 Å². The highest BCUT2D eigenvalue weighted by atomic mass is 16.2. The van der Waals surface area contributed by atoms with Crippen LogP contribution in [-0.4, -0.2) is 39.9 Å². The van der Waals surface area contributed by atoms with Crippen LogP contribution in [0.15, 0.2) is 42.9 Å². The van der Waals surface area contributed by atoms with Gasteiger partial charge in [0.15, 0.2) is 0 Å². The van der Waals surface area contributed by atoms with Crippen LogP contribution in [0.25, 0.3) is 0 Å². The summed E-state index contributed by atoms with van der Waals surface area (Å²) in [7, 11) is 0. The van der Waals surface area contributed by atoms with E-state index in [0.717, 1.165) is 51.1 Å². The van der Waals surface area contributed by atoms with Gasteiger partial charge in [0, 0.05) is 44.0 Å². The quantitative estimate of drug-likeness (QED) is 0.762. The molecule has 2 fully saturated rings. The van der Waals surface area contributed by atoms with Crippen molar-refractivity contribution in [1.82, 2.24) is 14.9 Å². The van der Waals surface area contributed by atoms with Crippen molar-refractivity contribution in [3.05, 3.63) is 54.0 Å². The van der Waals surface area contributed by atoms with Crippen molar-refractivity contribution in [3.8, 4) is 0 Å². The minimum absolute atomic E-state index is 0.128. The first-order valence-electron chi connectivity index (χ1n) is 10.5. The lowest BCUT2D eigenvalue weighted by molar-refractivity contribution is -0.137. The number of nitrogens with zero attached hydrogens (tertiary/aromatic N) is 4. The van der Waals surface area contributed by atoms with Crippen molar-refractivity contribution in [2.45, 2.75) is 58.0 Å². The van der Waals surface area contributed by atoms with Crippen LogP contribution in [-0.2, 0) is 11.3 Å². The fourth-order valence-electron chi connectivity index (χ4n) is 4.02. The Bertz CT molecular complexity index is 778. The summed E-state index contributed by atoms with van der Waals surface area (Å²) in [5.74, 6) is 1.92. The Kier molecular flexibility index (Phi) is 5.60. The number of amides is 1. The zero-order chi connectivity index (χ0) is 19.5. The summed E-state index contributed by atoms with van der Waals surface area (Å²) in [5, 5.41) is 0. The van der Waals surface area contributed by atoms with Crippen LogP contribution in [0.1, 0.15) is 56.6 Å². The van der Waals surface area contributed by atoms with Gasteiger partial charge in [-0.3, -0.25) is 9.78 Å². The minimum Gasteiger partial charge on any atom is -0.355 e. The third kappa shape index (κ3) is 4.34. The fraction of sp³-hybridized carbons (Fsp3) is 0.522. The number of carbonyl (C=O) groups is 1. The summed E-state index contributed by atoms with van der Waals surface area (Å²) in [5.41, 5.74) is 2.59. The largest absolute Gasteiger partial charge is 0.355 e. The van der Waals surface area contributed by atoms with Gasteiger partial charge in [-0.1, -0.05) is 38.1 Å². The molecule has 148 valence electrons. The number of anilines is 1. The molecule has 0 spiro atoms. The van der Waals surface area contributed by atoms with Gasteiger partial charge in [0.05, 0.1) is 6.20 Å². The standard InChI is InChI=1S/C23H30N4O/c1-17(2)19-5-3-18(4-6-19)16-27(21-7-8-21)23(28)20-9-13-26(14-10-20)22-15-24-11-12-25-22/h3-6,11-12,15,17,20-21H,7-10,13-14,16H2,1-2H3. The summed E-state index contributed by atoms with van der Waals surface area (Å²) in [6.45, 7) is 6.91. The first-order chi connectivity index (χ1) is 13.6. The highest BCUT2D eigenvalue weighted by Crippen LogP contribution is 2.32. The average Bonchev–Trinajstić information content (AvgIpc) is 3.58. The molecule has 1 amide bonds. The predicted molar refractivity (Wildman–Crippen MR) is 111 cm³/mol. The number of carbonyl (C=O) groups excluding carboxylic acids is 1. The third-order valence-corrected chi connectivity index (χ3v) is 5.99. The summed E-state index contributed by atoms with van der Waals surface area (Å²) in [6, 6.07) is 9.23. The van der Waals surface area contributed by atoms with E-state index in [2.05, 4.69) is 57.9 Å². The van der Waals surface area contributed by atoms with Gasteiger partial charge in [-0.2, -0.15) is 0 Å². The van der Waals surface area contributed by atoms with Crippen molar-refractivity contribution >= 4 is 11.7 Å². The number of hydrogen-bond acceptors (Lipinski definition) is 4. The second kappa shape index (κ2) is 8.29. The summed E-state index contributed by atoms with van der Waals surface area (Å²) >= 11 is 0. The van der Waals surface area contributed by atoms with Crippen molar-refractivity contribution in [2.75, 3.05) is 18.0 Å². The maximum Gasteiger partial charge on any atom is 0.226 e. The van der Waals surface area contributed by atoms with Gasteiger partial charge in [0.1, 0.15) is 5.82 Å². The molecule has 0 unspecified atom stereocenters. The van der Waals surface area contributed by atoms with E-state index in [1.54, 1.807) is 18.6 Å². The van der Waals surface area contributed by atoms with Crippen LogP contribution in [0, 0.1) is 5.92 Å². The molecule has 1 aromatic heterocycles. The Hall–Kier alpha value is -2.43. The molecule has 1 saturated heterocycles. The molecule has 1 saturated carbocycles. The predicted octanol–water partition coefficient (Wildman–Crippen LogP) is 4.01. The van der Waals surface area contributed by atoms with E-state index in [-0.39, 0.29) is 5.92 Å². The monoisotopic (exact) mass is 378 g/mol. The van der Waals surface area contributed by atoms with Crippen LogP contribution >= 0.6 is 0 Å². The molecular weight excluding hydrogens is 348 g/mol. The van der Waals surface area contributed by atoms with Crippen LogP contribution < -0.4 is 4.90 Å². The highest BCUT2D eigenvalue weighted by molar-refractivity contribution is 5.80. The van der Waals surface area contributed by atoms with Gasteiger partial charge < -0.3 is 9.80 Å². The zero-order valence-corrected chi connectivity index (χ0v) is 16.9. The van der Waals surface area contributed by atoms with E-state index >= 15 is 0 Å². The first-order valence-corrected chi connectivity index (χ1v) is 10.5. The van der Waals surface area contributed by atoms with Crippen LogP contribution in [0.3, 0.4) is 0 Å². The van der Waals surface area contributed by atoms with Gasteiger partial charge in [-0.25, -0.2) is 4.98 Å². The Labute approximate surface area is 167 Å². The second-order valence-corrected chi connectivity index (χ2v) is 8.42. The summed E-state index contributed by atoms with van der Waals surface area (Å²) in [6.07, 6.45) is 9.31. The fourth-order valence-corrected chi connectivity index (χ4v) is 4.02. The van der Waals surface area contributed by atoms with Crippen molar-refractivity contribution in [2.24, 2.45) is 5.92 Å².